The minimum atomic E-state index is -0.418. The van der Waals surface area contributed by atoms with Crippen LogP contribution in [0.4, 0.5) is 10.8 Å². The van der Waals surface area contributed by atoms with Crippen LogP contribution >= 0.6 is 11.3 Å². The number of nitro groups is 1. The van der Waals surface area contributed by atoms with Gasteiger partial charge in [-0.15, -0.1) is 11.3 Å². The van der Waals surface area contributed by atoms with Crippen molar-refractivity contribution in [3.8, 4) is 22.8 Å². The van der Waals surface area contributed by atoms with Crippen molar-refractivity contribution in [1.82, 2.24) is 4.98 Å². The standard InChI is InChI=1S/C19H16N4O4S/c1-12(7-13-5-6-17-18(8-13)27-11-26-17)21-22-19-20-16(10-28-19)14-3-2-4-15(9-14)23(24)25/h2-6,8-10H,7,11H2,1H3,(H,20,22)/b21-12+. The minimum Gasteiger partial charge on any atom is -0.454 e. The Morgan fingerprint density at radius 3 is 3.00 bits per heavy atom. The summed E-state index contributed by atoms with van der Waals surface area (Å²) >= 11 is 1.39. The van der Waals surface area contributed by atoms with Gasteiger partial charge in [-0.05, 0) is 24.6 Å². The lowest BCUT2D eigenvalue weighted by Gasteiger charge is -2.03. The number of hydrogen-bond donors (Lipinski definition) is 1. The number of ether oxygens (including phenoxy) is 2. The minimum absolute atomic E-state index is 0.0394. The Bertz CT molecular complexity index is 1060. The van der Waals surface area contributed by atoms with Gasteiger partial charge in [-0.25, -0.2) is 4.98 Å². The van der Waals surface area contributed by atoms with Crippen LogP contribution in [0.15, 0.2) is 52.9 Å². The summed E-state index contributed by atoms with van der Waals surface area (Å²) in [6.07, 6.45) is 0.659. The van der Waals surface area contributed by atoms with Crippen LogP contribution < -0.4 is 14.9 Å². The van der Waals surface area contributed by atoms with Crippen LogP contribution in [0.3, 0.4) is 0 Å². The molecule has 4 rings (SSSR count). The summed E-state index contributed by atoms with van der Waals surface area (Å²) in [4.78, 5) is 15.0. The van der Waals surface area contributed by atoms with Crippen LogP contribution in [0.5, 0.6) is 11.5 Å². The molecule has 1 aliphatic heterocycles. The van der Waals surface area contributed by atoms with E-state index in [0.29, 0.717) is 22.8 Å². The number of nitro benzene ring substituents is 1. The highest BCUT2D eigenvalue weighted by molar-refractivity contribution is 7.14. The molecule has 1 aliphatic rings. The molecule has 142 valence electrons. The smallest absolute Gasteiger partial charge is 0.270 e. The van der Waals surface area contributed by atoms with Gasteiger partial charge in [-0.2, -0.15) is 5.10 Å². The highest BCUT2D eigenvalue weighted by atomic mass is 32.1. The molecule has 3 aromatic rings. The molecule has 9 heteroatoms. The van der Waals surface area contributed by atoms with E-state index in [4.69, 9.17) is 9.47 Å². The molecule has 0 fully saturated rings. The molecule has 2 aromatic carbocycles. The molecule has 0 bridgehead atoms. The molecule has 0 saturated carbocycles. The number of nitrogens with zero attached hydrogens (tertiary/aromatic N) is 3. The van der Waals surface area contributed by atoms with E-state index in [1.165, 1.54) is 23.5 Å². The van der Waals surface area contributed by atoms with Crippen LogP contribution in [-0.4, -0.2) is 22.4 Å². The van der Waals surface area contributed by atoms with E-state index in [1.54, 1.807) is 12.1 Å². The van der Waals surface area contributed by atoms with E-state index >= 15 is 0 Å². The van der Waals surface area contributed by atoms with Gasteiger partial charge in [0.15, 0.2) is 11.5 Å². The average Bonchev–Trinajstić information content (AvgIpc) is 3.35. The zero-order valence-corrected chi connectivity index (χ0v) is 15.7. The quantitative estimate of drug-likeness (QED) is 0.375. The van der Waals surface area contributed by atoms with Gasteiger partial charge in [-0.3, -0.25) is 15.5 Å². The molecule has 0 saturated heterocycles. The lowest BCUT2D eigenvalue weighted by molar-refractivity contribution is -0.384. The molecule has 1 aromatic heterocycles. The Balaban J connectivity index is 1.42. The number of non-ortho nitro benzene ring substituents is 1. The van der Waals surface area contributed by atoms with Crippen LogP contribution in [0.1, 0.15) is 12.5 Å². The molecule has 28 heavy (non-hydrogen) atoms. The van der Waals surface area contributed by atoms with Gasteiger partial charge in [0.25, 0.3) is 5.69 Å². The topological polar surface area (TPSA) is 98.9 Å². The summed E-state index contributed by atoms with van der Waals surface area (Å²) in [6, 6.07) is 12.2. The van der Waals surface area contributed by atoms with E-state index in [0.717, 1.165) is 22.8 Å². The van der Waals surface area contributed by atoms with Crippen molar-refractivity contribution in [3.05, 3.63) is 63.5 Å². The zero-order valence-electron chi connectivity index (χ0n) is 14.9. The summed E-state index contributed by atoms with van der Waals surface area (Å²) in [7, 11) is 0. The van der Waals surface area contributed by atoms with Crippen LogP contribution in [-0.2, 0) is 6.42 Å². The number of benzene rings is 2. The Morgan fingerprint density at radius 2 is 2.14 bits per heavy atom. The molecule has 0 aliphatic carbocycles. The predicted molar refractivity (Wildman–Crippen MR) is 107 cm³/mol. The summed E-state index contributed by atoms with van der Waals surface area (Å²) in [6.45, 7) is 2.18. The molecule has 8 nitrogen and oxygen atoms in total. The van der Waals surface area contributed by atoms with Gasteiger partial charge in [0.2, 0.25) is 11.9 Å². The SMILES string of the molecule is C/C(Cc1ccc2c(c1)OCO2)=N\Nc1nc(-c2cccc([N+](=O)[O-])c2)cs1. The number of fused-ring (bicyclic) bond motifs is 1. The van der Waals surface area contributed by atoms with Gasteiger partial charge in [0, 0.05) is 35.2 Å². The molecular formula is C19H16N4O4S. The lowest BCUT2D eigenvalue weighted by atomic mass is 10.1. The number of anilines is 1. The van der Waals surface area contributed by atoms with Gasteiger partial charge in [0.1, 0.15) is 0 Å². The Hall–Kier alpha value is -3.46. The predicted octanol–water partition coefficient (Wildman–Crippen LogP) is 4.48. The maximum absolute atomic E-state index is 10.9. The van der Waals surface area contributed by atoms with Gasteiger partial charge >= 0.3 is 0 Å². The maximum atomic E-state index is 10.9. The van der Waals surface area contributed by atoms with Crippen molar-refractivity contribution >= 4 is 27.9 Å². The van der Waals surface area contributed by atoms with Crippen LogP contribution in [0.25, 0.3) is 11.3 Å². The molecule has 0 amide bonds. The first-order chi connectivity index (χ1) is 13.6. The fraction of sp³-hybridized carbons (Fsp3) is 0.158. The van der Waals surface area contributed by atoms with Crippen molar-refractivity contribution in [3.63, 3.8) is 0 Å². The lowest BCUT2D eigenvalue weighted by Crippen LogP contribution is -2.01. The first-order valence-electron chi connectivity index (χ1n) is 8.46. The van der Waals surface area contributed by atoms with Crippen molar-refractivity contribution in [1.29, 1.82) is 0 Å². The molecule has 0 unspecified atom stereocenters. The van der Waals surface area contributed by atoms with Crippen molar-refractivity contribution in [2.75, 3.05) is 12.2 Å². The highest BCUT2D eigenvalue weighted by Crippen LogP contribution is 2.32. The molecular weight excluding hydrogens is 380 g/mol. The zero-order chi connectivity index (χ0) is 19.5. The second kappa shape index (κ2) is 7.65. The first-order valence-corrected chi connectivity index (χ1v) is 9.34. The van der Waals surface area contributed by atoms with Crippen LogP contribution in [0.2, 0.25) is 0 Å². The third kappa shape index (κ3) is 3.94. The second-order valence-electron chi connectivity index (χ2n) is 6.17. The Morgan fingerprint density at radius 1 is 1.29 bits per heavy atom. The third-order valence-electron chi connectivity index (χ3n) is 4.10. The number of aromatic nitrogens is 1. The maximum Gasteiger partial charge on any atom is 0.270 e. The van der Waals surface area contributed by atoms with Gasteiger partial charge < -0.3 is 9.47 Å². The Labute approximate surface area is 164 Å². The largest absolute Gasteiger partial charge is 0.454 e. The number of nitrogens with one attached hydrogen (secondary N) is 1. The molecule has 2 heterocycles. The number of hydrogen-bond acceptors (Lipinski definition) is 8. The summed E-state index contributed by atoms with van der Waals surface area (Å²) < 4.78 is 10.7. The van der Waals surface area contributed by atoms with E-state index in [9.17, 15) is 10.1 Å². The van der Waals surface area contributed by atoms with Crippen molar-refractivity contribution in [2.24, 2.45) is 5.10 Å². The van der Waals surface area contributed by atoms with E-state index < -0.39 is 4.92 Å². The highest BCUT2D eigenvalue weighted by Gasteiger charge is 2.13. The summed E-state index contributed by atoms with van der Waals surface area (Å²) in [5.74, 6) is 1.51. The van der Waals surface area contributed by atoms with Gasteiger partial charge in [-0.1, -0.05) is 18.2 Å². The second-order valence-corrected chi connectivity index (χ2v) is 7.03. The summed E-state index contributed by atoms with van der Waals surface area (Å²) in [5.41, 5.74) is 6.30. The fourth-order valence-corrected chi connectivity index (χ4v) is 3.43. The fourth-order valence-electron chi connectivity index (χ4n) is 2.77. The van der Waals surface area contributed by atoms with Crippen molar-refractivity contribution < 1.29 is 14.4 Å². The molecule has 0 radical (unpaired) electrons. The third-order valence-corrected chi connectivity index (χ3v) is 4.84. The first kappa shape index (κ1) is 17.9. The normalized spacial score (nSPS) is 12.8. The number of rotatable bonds is 6. The number of hydrazone groups is 1. The van der Waals surface area contributed by atoms with E-state index in [1.807, 2.05) is 30.5 Å². The number of thiazole rings is 1. The van der Waals surface area contributed by atoms with E-state index in [-0.39, 0.29) is 12.5 Å². The van der Waals surface area contributed by atoms with E-state index in [2.05, 4.69) is 15.5 Å². The molecule has 1 N–H and O–H groups in total. The monoisotopic (exact) mass is 396 g/mol. The molecule has 0 spiro atoms. The molecule has 0 atom stereocenters. The average molecular weight is 396 g/mol. The van der Waals surface area contributed by atoms with Gasteiger partial charge in [0.05, 0.1) is 10.6 Å². The Kier molecular flexibility index (Phi) is 4.90. The van der Waals surface area contributed by atoms with Crippen molar-refractivity contribution in [2.45, 2.75) is 13.3 Å². The van der Waals surface area contributed by atoms with Crippen LogP contribution in [0, 0.1) is 10.1 Å². The summed E-state index contributed by atoms with van der Waals surface area (Å²) in [5, 5.41) is 17.7.